The third-order valence-electron chi connectivity index (χ3n) is 7.01. The Bertz CT molecular complexity index is 1460. The number of thiophene rings is 2. The van der Waals surface area contributed by atoms with E-state index < -0.39 is 0 Å². The lowest BCUT2D eigenvalue weighted by Gasteiger charge is -2.24. The van der Waals surface area contributed by atoms with E-state index >= 15 is 0 Å². The van der Waals surface area contributed by atoms with E-state index in [2.05, 4.69) is 75.1 Å². The van der Waals surface area contributed by atoms with Crippen molar-refractivity contribution in [1.82, 2.24) is 14.9 Å². The van der Waals surface area contributed by atoms with Gasteiger partial charge < -0.3 is 10.6 Å². The Hall–Kier alpha value is -2.72. The highest BCUT2D eigenvalue weighted by Crippen LogP contribution is 2.27. The molecule has 9 heteroatoms. The molecule has 0 spiro atoms. The number of H-pyrrole nitrogens is 1. The zero-order valence-electron chi connectivity index (χ0n) is 23.0. The van der Waals surface area contributed by atoms with E-state index in [1.54, 1.807) is 22.7 Å². The van der Waals surface area contributed by atoms with Crippen molar-refractivity contribution >= 4 is 55.7 Å². The topological polar surface area (TPSA) is 78.9 Å². The lowest BCUT2D eigenvalue weighted by Crippen LogP contribution is -2.35. The summed E-state index contributed by atoms with van der Waals surface area (Å²) in [6.45, 7) is 5.56. The summed E-state index contributed by atoms with van der Waals surface area (Å²) in [7, 11) is 0. The van der Waals surface area contributed by atoms with Gasteiger partial charge in [0.15, 0.2) is 0 Å². The standard InChI is InChI=1S/C27H34N4O2S.C4H3BrS/c1-3-20-16-23(11-10-19(20)2)29-25-18-26(32)31(27(33)30-25)14-6-4-5-8-22-17-21(12-13-28-22)24-9-7-15-34-24;5-4-2-1-3-6-4/h7,9-12,15-16,18,22,28-29H,3-6,8,13-14,17H2,1-2H3,(H,30,33);1-3H. The summed E-state index contributed by atoms with van der Waals surface area (Å²) < 4.78 is 2.50. The predicted octanol–water partition coefficient (Wildman–Crippen LogP) is 7.73. The molecule has 0 amide bonds. The van der Waals surface area contributed by atoms with Gasteiger partial charge in [-0.2, -0.15) is 0 Å². The van der Waals surface area contributed by atoms with E-state index in [0.717, 1.165) is 50.8 Å². The molecule has 3 N–H and O–H groups in total. The number of aryl methyl sites for hydroxylation is 2. The molecule has 4 aromatic rings. The second-order valence-electron chi connectivity index (χ2n) is 9.88. The quantitative estimate of drug-likeness (QED) is 0.155. The van der Waals surface area contributed by atoms with Gasteiger partial charge >= 0.3 is 5.69 Å². The van der Waals surface area contributed by atoms with E-state index in [9.17, 15) is 9.59 Å². The maximum Gasteiger partial charge on any atom is 0.329 e. The van der Waals surface area contributed by atoms with Crippen molar-refractivity contribution in [3.63, 3.8) is 0 Å². The van der Waals surface area contributed by atoms with Crippen LogP contribution in [0.2, 0.25) is 0 Å². The first-order valence-electron chi connectivity index (χ1n) is 13.8. The largest absolute Gasteiger partial charge is 0.342 e. The van der Waals surface area contributed by atoms with Crippen LogP contribution in [0, 0.1) is 6.92 Å². The van der Waals surface area contributed by atoms with Gasteiger partial charge in [0.05, 0.1) is 3.79 Å². The average molecular weight is 642 g/mol. The van der Waals surface area contributed by atoms with Gasteiger partial charge in [-0.1, -0.05) is 44.0 Å². The molecule has 40 heavy (non-hydrogen) atoms. The van der Waals surface area contributed by atoms with Gasteiger partial charge in [0, 0.05) is 35.8 Å². The summed E-state index contributed by atoms with van der Waals surface area (Å²) in [6.07, 6.45) is 8.28. The van der Waals surface area contributed by atoms with Crippen LogP contribution in [0.25, 0.3) is 5.57 Å². The first kappa shape index (κ1) is 30.2. The Labute approximate surface area is 252 Å². The highest BCUT2D eigenvalue weighted by atomic mass is 79.9. The van der Waals surface area contributed by atoms with Gasteiger partial charge in [0.1, 0.15) is 5.82 Å². The molecule has 0 saturated carbocycles. The molecule has 1 unspecified atom stereocenters. The van der Waals surface area contributed by atoms with Crippen LogP contribution in [0.15, 0.2) is 78.7 Å². The fraction of sp³-hybridized carbons (Fsp3) is 0.355. The average Bonchev–Trinajstić information content (AvgIpc) is 3.66. The Morgan fingerprint density at radius 3 is 2.55 bits per heavy atom. The summed E-state index contributed by atoms with van der Waals surface area (Å²) in [5.41, 5.74) is 4.15. The summed E-state index contributed by atoms with van der Waals surface area (Å²) >= 11 is 6.80. The zero-order valence-corrected chi connectivity index (χ0v) is 26.3. The fourth-order valence-electron chi connectivity index (χ4n) is 4.82. The van der Waals surface area contributed by atoms with Crippen molar-refractivity contribution in [1.29, 1.82) is 0 Å². The number of nitrogens with zero attached hydrogens (tertiary/aromatic N) is 1. The number of hydrogen-bond acceptors (Lipinski definition) is 6. The summed E-state index contributed by atoms with van der Waals surface area (Å²) in [5, 5.41) is 10.9. The van der Waals surface area contributed by atoms with Crippen molar-refractivity contribution in [3.05, 3.63) is 106 Å². The van der Waals surface area contributed by atoms with Crippen LogP contribution in [0.3, 0.4) is 0 Å². The number of anilines is 2. The molecular weight excluding hydrogens is 604 g/mol. The molecule has 1 aliphatic rings. The molecule has 1 aliphatic heterocycles. The molecule has 1 aromatic carbocycles. The van der Waals surface area contributed by atoms with E-state index in [-0.39, 0.29) is 11.2 Å². The molecule has 212 valence electrons. The lowest BCUT2D eigenvalue weighted by atomic mass is 9.96. The Morgan fingerprint density at radius 2 is 1.88 bits per heavy atom. The van der Waals surface area contributed by atoms with Crippen LogP contribution in [0.4, 0.5) is 11.5 Å². The lowest BCUT2D eigenvalue weighted by molar-refractivity contribution is 0.461. The number of hydrogen-bond donors (Lipinski definition) is 3. The van der Waals surface area contributed by atoms with Gasteiger partial charge in [0.25, 0.3) is 5.56 Å². The molecule has 6 nitrogen and oxygen atoms in total. The van der Waals surface area contributed by atoms with Crippen LogP contribution in [-0.4, -0.2) is 22.1 Å². The maximum atomic E-state index is 12.6. The minimum absolute atomic E-state index is 0.270. The summed E-state index contributed by atoms with van der Waals surface area (Å²) in [4.78, 5) is 29.3. The smallest absolute Gasteiger partial charge is 0.329 e. The normalized spacial score (nSPS) is 14.8. The minimum atomic E-state index is -0.363. The van der Waals surface area contributed by atoms with Gasteiger partial charge in [-0.05, 0) is 100 Å². The number of halogens is 1. The number of rotatable bonds is 10. The second-order valence-corrected chi connectivity index (χ2v) is 13.2. The molecule has 1 atom stereocenters. The van der Waals surface area contributed by atoms with Crippen LogP contribution in [0.1, 0.15) is 55.0 Å². The van der Waals surface area contributed by atoms with Crippen molar-refractivity contribution in [2.75, 3.05) is 11.9 Å². The SMILES string of the molecule is Brc1cccs1.CCc1cc(Nc2cc(=O)n(CCCCCC3CC(c4cccs4)=CCN3)c(=O)[nH]2)ccc1C. The van der Waals surface area contributed by atoms with Gasteiger partial charge in [0.2, 0.25) is 0 Å². The van der Waals surface area contributed by atoms with E-state index in [1.165, 1.54) is 36.0 Å². The van der Waals surface area contributed by atoms with Crippen LogP contribution >= 0.6 is 38.6 Å². The Balaban J connectivity index is 0.000000546. The molecule has 5 rings (SSSR count). The molecule has 3 aromatic heterocycles. The molecule has 0 saturated heterocycles. The maximum absolute atomic E-state index is 12.6. The van der Waals surface area contributed by atoms with Gasteiger partial charge in [-0.15, -0.1) is 22.7 Å². The Kier molecular flexibility index (Phi) is 11.6. The first-order valence-corrected chi connectivity index (χ1v) is 16.3. The third kappa shape index (κ3) is 8.89. The van der Waals surface area contributed by atoms with Gasteiger partial charge in [-0.25, -0.2) is 4.79 Å². The van der Waals surface area contributed by atoms with Crippen molar-refractivity contribution in [3.8, 4) is 0 Å². The second kappa shape index (κ2) is 15.3. The highest BCUT2D eigenvalue weighted by molar-refractivity contribution is 9.11. The predicted molar refractivity (Wildman–Crippen MR) is 174 cm³/mol. The van der Waals surface area contributed by atoms with Crippen molar-refractivity contribution in [2.45, 2.75) is 65.0 Å². The third-order valence-corrected chi connectivity index (χ3v) is 9.43. The number of aromatic nitrogens is 2. The highest BCUT2D eigenvalue weighted by Gasteiger charge is 2.16. The molecule has 0 radical (unpaired) electrons. The van der Waals surface area contributed by atoms with E-state index in [0.29, 0.717) is 18.4 Å². The molecule has 0 fully saturated rings. The molecule has 4 heterocycles. The minimum Gasteiger partial charge on any atom is -0.342 e. The number of benzene rings is 1. The van der Waals surface area contributed by atoms with E-state index in [4.69, 9.17) is 0 Å². The fourth-order valence-corrected chi connectivity index (χ4v) is 6.52. The monoisotopic (exact) mass is 640 g/mol. The number of unbranched alkanes of at least 4 members (excludes halogenated alkanes) is 2. The van der Waals surface area contributed by atoms with Crippen LogP contribution < -0.4 is 21.9 Å². The molecule has 0 aliphatic carbocycles. The van der Waals surface area contributed by atoms with Crippen LogP contribution in [0.5, 0.6) is 0 Å². The molecular formula is C31H37BrN4O2S2. The van der Waals surface area contributed by atoms with E-state index in [1.807, 2.05) is 29.6 Å². The number of aromatic amines is 1. The van der Waals surface area contributed by atoms with Crippen molar-refractivity contribution < 1.29 is 0 Å². The zero-order chi connectivity index (χ0) is 28.3. The van der Waals surface area contributed by atoms with Gasteiger partial charge in [-0.3, -0.25) is 14.3 Å². The number of nitrogens with one attached hydrogen (secondary N) is 3. The van der Waals surface area contributed by atoms with Crippen LogP contribution in [-0.2, 0) is 13.0 Å². The van der Waals surface area contributed by atoms with Crippen molar-refractivity contribution in [2.24, 2.45) is 0 Å². The summed E-state index contributed by atoms with van der Waals surface area (Å²) in [6, 6.07) is 16.3. The Morgan fingerprint density at radius 1 is 1.05 bits per heavy atom. The summed E-state index contributed by atoms with van der Waals surface area (Å²) in [5.74, 6) is 0.426. The first-order chi connectivity index (χ1) is 19.4. The molecule has 0 bridgehead atoms.